The van der Waals surface area contributed by atoms with Gasteiger partial charge in [0.1, 0.15) is 17.9 Å². The number of nitrogens with zero attached hydrogens (tertiary/aromatic N) is 4. The van der Waals surface area contributed by atoms with E-state index in [9.17, 15) is 19.1 Å². The Morgan fingerprint density at radius 2 is 1.86 bits per heavy atom. The Labute approximate surface area is 242 Å². The normalized spacial score (nSPS) is 17.9. The quantitative estimate of drug-likeness (QED) is 0.263. The second-order valence-electron chi connectivity index (χ2n) is 10.8. The number of likely N-dealkylation sites (N-methyl/N-ethyl adjacent to an activating group) is 1. The number of aldehydes is 1. The highest BCUT2D eigenvalue weighted by atomic mass is 19.1. The average Bonchev–Trinajstić information content (AvgIpc) is 2.98. The lowest BCUT2D eigenvalue weighted by Crippen LogP contribution is -2.35. The van der Waals surface area contributed by atoms with Gasteiger partial charge < -0.3 is 30.3 Å². The van der Waals surface area contributed by atoms with Crippen molar-refractivity contribution in [3.63, 3.8) is 0 Å². The summed E-state index contributed by atoms with van der Waals surface area (Å²) in [7, 11) is 2.04. The molecule has 6 rings (SSSR count). The van der Waals surface area contributed by atoms with Gasteiger partial charge >= 0.3 is 0 Å². The van der Waals surface area contributed by atoms with Gasteiger partial charge in [-0.05, 0) is 75.7 Å². The van der Waals surface area contributed by atoms with E-state index in [2.05, 4.69) is 30.1 Å². The second-order valence-corrected chi connectivity index (χ2v) is 10.8. The Morgan fingerprint density at radius 1 is 1.05 bits per heavy atom. The van der Waals surface area contributed by atoms with Gasteiger partial charge in [0, 0.05) is 37.0 Å². The summed E-state index contributed by atoms with van der Waals surface area (Å²) in [5, 5.41) is 22.2. The number of aliphatic hydroxyl groups is 2. The minimum absolute atomic E-state index is 0.0613. The van der Waals surface area contributed by atoms with E-state index >= 15 is 0 Å². The van der Waals surface area contributed by atoms with Crippen molar-refractivity contribution in [2.75, 3.05) is 43.4 Å². The Morgan fingerprint density at radius 3 is 2.50 bits per heavy atom. The number of H-pyrrole nitrogens is 1. The lowest BCUT2D eigenvalue weighted by Gasteiger charge is -2.31. The van der Waals surface area contributed by atoms with Crippen LogP contribution in [-0.2, 0) is 0 Å². The predicted molar refractivity (Wildman–Crippen MR) is 161 cm³/mol. The lowest BCUT2D eigenvalue weighted by molar-refractivity contribution is 0.0846. The van der Waals surface area contributed by atoms with Crippen molar-refractivity contribution < 1.29 is 19.4 Å². The van der Waals surface area contributed by atoms with Crippen LogP contribution in [0.1, 0.15) is 36.0 Å². The van der Waals surface area contributed by atoms with E-state index in [1.807, 2.05) is 19.2 Å². The summed E-state index contributed by atoms with van der Waals surface area (Å²) < 4.78 is 14.7. The topological polar surface area (TPSA) is 135 Å². The summed E-state index contributed by atoms with van der Waals surface area (Å²) in [5.41, 5.74) is 2.20. The third-order valence-electron chi connectivity index (χ3n) is 7.58. The third kappa shape index (κ3) is 6.99. The fourth-order valence-electron chi connectivity index (χ4n) is 5.29. The lowest BCUT2D eigenvalue weighted by atomic mass is 10.1. The number of anilines is 3. The smallest absolute Gasteiger partial charge is 0.259 e. The number of pyridine rings is 3. The number of hydrogen-bond acceptors (Lipinski definition) is 9. The molecule has 0 saturated carbocycles. The highest BCUT2D eigenvalue weighted by Gasteiger charge is 2.18. The van der Waals surface area contributed by atoms with E-state index in [0.717, 1.165) is 63.6 Å². The van der Waals surface area contributed by atoms with Crippen LogP contribution in [0.25, 0.3) is 22.2 Å². The molecule has 0 aliphatic carbocycles. The van der Waals surface area contributed by atoms with Gasteiger partial charge in [-0.1, -0.05) is 6.07 Å². The molecule has 10 nitrogen and oxygen atoms in total. The number of piperidine rings is 2. The maximum absolute atomic E-state index is 14.7. The van der Waals surface area contributed by atoms with Crippen molar-refractivity contribution in [1.29, 1.82) is 0 Å². The molecule has 4 aromatic rings. The molecule has 2 aliphatic heterocycles. The molecule has 220 valence electrons. The molecular weight excluding hydrogens is 539 g/mol. The van der Waals surface area contributed by atoms with E-state index < -0.39 is 5.82 Å². The maximum Gasteiger partial charge on any atom is 0.259 e. The molecule has 4 N–H and O–H groups in total. The summed E-state index contributed by atoms with van der Waals surface area (Å²) in [6.45, 7) is 3.53. The van der Waals surface area contributed by atoms with Gasteiger partial charge in [-0.2, -0.15) is 0 Å². The zero-order valence-corrected chi connectivity index (χ0v) is 23.5. The first-order valence-corrected chi connectivity index (χ1v) is 14.1. The van der Waals surface area contributed by atoms with Crippen molar-refractivity contribution in [2.24, 2.45) is 0 Å². The number of benzene rings is 1. The summed E-state index contributed by atoms with van der Waals surface area (Å²) in [5.74, 6) is -0.0689. The number of hydrogen-bond donors (Lipinski definition) is 4. The first-order chi connectivity index (χ1) is 20.3. The number of β-amino-alcohol motifs (C(OH)–C–C–N with tert-alkyl or cyclic N) is 1. The highest BCUT2D eigenvalue weighted by molar-refractivity contribution is 5.94. The van der Waals surface area contributed by atoms with E-state index in [0.29, 0.717) is 34.4 Å². The fraction of sp³-hybridized carbons (Fsp3) is 0.355. The minimum Gasteiger partial charge on any atom is -0.393 e. The van der Waals surface area contributed by atoms with Gasteiger partial charge in [0.2, 0.25) is 0 Å². The number of likely N-dealkylation sites (tertiary alicyclic amines) is 1. The molecule has 1 atom stereocenters. The van der Waals surface area contributed by atoms with Crippen LogP contribution in [0, 0.1) is 5.82 Å². The number of aromatic nitrogens is 3. The molecule has 0 bridgehead atoms. The number of halogens is 1. The predicted octanol–water partition coefficient (Wildman–Crippen LogP) is 3.71. The standard InChI is InChI=1S/C25H22FN5O3.C6H13NO/c26-19-11-15(14-32)1-3-18(19)21-12-22(24-20(29-21)5-8-27-25(24)34)30-23-4-2-16(13-28-23)31-9-6-17(33)7-10-31;1-7-4-2-3-6(8)5-7/h1-5,8,11-14,17,33H,6-7,9-10H2,(H,27,34)(H,28,29,30);6,8H,2-5H2,1H3. The van der Waals surface area contributed by atoms with Crippen LogP contribution in [-0.4, -0.2) is 81.8 Å². The summed E-state index contributed by atoms with van der Waals surface area (Å²) >= 11 is 0. The number of nitrogens with one attached hydrogen (secondary N) is 2. The maximum atomic E-state index is 14.7. The van der Waals surface area contributed by atoms with E-state index in [4.69, 9.17) is 5.11 Å². The van der Waals surface area contributed by atoms with Gasteiger partial charge in [0.05, 0.1) is 46.4 Å². The Bertz CT molecular complexity index is 1580. The van der Waals surface area contributed by atoms with Crippen molar-refractivity contribution in [1.82, 2.24) is 19.9 Å². The molecule has 0 spiro atoms. The molecule has 3 aromatic heterocycles. The zero-order valence-electron chi connectivity index (χ0n) is 23.5. The van der Waals surface area contributed by atoms with E-state index in [1.165, 1.54) is 18.3 Å². The monoisotopic (exact) mass is 574 g/mol. The van der Waals surface area contributed by atoms with Crippen LogP contribution in [0.5, 0.6) is 0 Å². The van der Waals surface area contributed by atoms with Crippen LogP contribution < -0.4 is 15.8 Å². The minimum atomic E-state index is -0.582. The molecule has 2 aliphatic rings. The molecule has 0 amide bonds. The fourth-order valence-corrected chi connectivity index (χ4v) is 5.29. The molecule has 1 unspecified atom stereocenters. The Kier molecular flexibility index (Phi) is 9.21. The number of carbonyl (C=O) groups excluding carboxylic acids is 1. The largest absolute Gasteiger partial charge is 0.393 e. The third-order valence-corrected chi connectivity index (χ3v) is 7.58. The highest BCUT2D eigenvalue weighted by Crippen LogP contribution is 2.30. The number of rotatable bonds is 5. The van der Waals surface area contributed by atoms with Crippen molar-refractivity contribution >= 4 is 34.4 Å². The zero-order chi connectivity index (χ0) is 29.6. The average molecular weight is 575 g/mol. The number of aliphatic hydroxyl groups excluding tert-OH is 2. The van der Waals surface area contributed by atoms with Gasteiger partial charge in [-0.3, -0.25) is 9.59 Å². The van der Waals surface area contributed by atoms with Gasteiger partial charge in [0.25, 0.3) is 5.56 Å². The molecule has 2 fully saturated rings. The molecule has 2 saturated heterocycles. The molecule has 1 aromatic carbocycles. The number of carbonyl (C=O) groups is 1. The molecular formula is C31H35FN6O4. The first kappa shape index (κ1) is 29.3. The molecule has 0 radical (unpaired) electrons. The van der Waals surface area contributed by atoms with Crippen LogP contribution in [0.15, 0.2) is 59.7 Å². The van der Waals surface area contributed by atoms with E-state index in [-0.39, 0.29) is 28.9 Å². The van der Waals surface area contributed by atoms with E-state index in [1.54, 1.807) is 18.3 Å². The summed E-state index contributed by atoms with van der Waals surface area (Å²) in [6.07, 6.45) is 7.08. The Balaban J connectivity index is 0.000000382. The molecule has 42 heavy (non-hydrogen) atoms. The van der Waals surface area contributed by atoms with Crippen LogP contribution in [0.3, 0.4) is 0 Å². The van der Waals surface area contributed by atoms with Crippen molar-refractivity contribution in [2.45, 2.75) is 37.9 Å². The van der Waals surface area contributed by atoms with Crippen LogP contribution >= 0.6 is 0 Å². The second kappa shape index (κ2) is 13.2. The molecule has 5 heterocycles. The van der Waals surface area contributed by atoms with Crippen molar-refractivity contribution in [3.8, 4) is 11.3 Å². The summed E-state index contributed by atoms with van der Waals surface area (Å²) in [6, 6.07) is 11.1. The van der Waals surface area contributed by atoms with Crippen LogP contribution in [0.4, 0.5) is 21.6 Å². The van der Waals surface area contributed by atoms with Gasteiger partial charge in [-0.15, -0.1) is 0 Å². The molecule has 11 heteroatoms. The number of aromatic amines is 1. The van der Waals surface area contributed by atoms with Gasteiger partial charge in [-0.25, -0.2) is 14.4 Å². The number of fused-ring (bicyclic) bond motifs is 1. The summed E-state index contributed by atoms with van der Waals surface area (Å²) in [4.78, 5) is 39.5. The van der Waals surface area contributed by atoms with Crippen LogP contribution in [0.2, 0.25) is 0 Å². The SMILES string of the molecule is CN1CCCC(O)C1.O=Cc1ccc(-c2cc(Nc3ccc(N4CCC(O)CC4)cn3)c3c(=O)[nH]ccc3n2)c(F)c1. The van der Waals surface area contributed by atoms with Crippen molar-refractivity contribution in [3.05, 3.63) is 76.6 Å². The first-order valence-electron chi connectivity index (χ1n) is 14.1. The Hall–Kier alpha value is -4.19. The van der Waals surface area contributed by atoms with Gasteiger partial charge in [0.15, 0.2) is 0 Å².